The zero-order valence-corrected chi connectivity index (χ0v) is 16.3. The van der Waals surface area contributed by atoms with Crippen molar-refractivity contribution < 1.29 is 19.1 Å². The molecule has 9 heteroatoms. The van der Waals surface area contributed by atoms with Crippen LogP contribution in [0, 0.1) is 6.92 Å². The Morgan fingerprint density at radius 2 is 2.11 bits per heavy atom. The molecule has 4 rings (SSSR count). The molecule has 3 N–H and O–H groups in total. The molecule has 2 aromatic rings. The molecular weight excluding hydrogens is 380 g/mol. The minimum Gasteiger partial charge on any atom is -0.441 e. The van der Waals surface area contributed by atoms with Gasteiger partial charge in [-0.15, -0.1) is 0 Å². The number of amides is 2. The maximum absolute atomic E-state index is 12.0. The number of ether oxygens (including phenoxy) is 2. The molecule has 1 atom stereocenters. The first-order chi connectivity index (χ1) is 13.5. The van der Waals surface area contributed by atoms with Crippen molar-refractivity contribution in [1.82, 2.24) is 10.3 Å². The second-order valence-corrected chi connectivity index (χ2v) is 7.75. The van der Waals surface area contributed by atoms with E-state index < -0.39 is 6.09 Å². The van der Waals surface area contributed by atoms with E-state index in [4.69, 9.17) is 9.47 Å². The third-order valence-electron chi connectivity index (χ3n) is 4.39. The predicted molar refractivity (Wildman–Crippen MR) is 106 cm³/mol. The van der Waals surface area contributed by atoms with Crippen molar-refractivity contribution in [2.24, 2.45) is 0 Å². The van der Waals surface area contributed by atoms with Gasteiger partial charge in [0.05, 0.1) is 30.3 Å². The van der Waals surface area contributed by atoms with Crippen molar-refractivity contribution in [3.8, 4) is 11.1 Å². The topological polar surface area (TPSA) is 102 Å². The van der Waals surface area contributed by atoms with Crippen molar-refractivity contribution in [2.75, 3.05) is 23.8 Å². The van der Waals surface area contributed by atoms with Gasteiger partial charge in [-0.3, -0.25) is 15.1 Å². The average Bonchev–Trinajstić information content (AvgIpc) is 3.00. The van der Waals surface area contributed by atoms with E-state index in [1.165, 1.54) is 6.92 Å². The Hall–Kier alpha value is -2.78. The molecule has 3 heterocycles. The van der Waals surface area contributed by atoms with E-state index in [0.29, 0.717) is 24.6 Å². The highest BCUT2D eigenvalue weighted by Crippen LogP contribution is 2.40. The number of rotatable bonds is 4. The number of nitrogens with zero attached hydrogens (tertiary/aromatic N) is 1. The Labute approximate surface area is 166 Å². The number of carbonyl (C=O) groups is 2. The van der Waals surface area contributed by atoms with Crippen molar-refractivity contribution in [3.63, 3.8) is 0 Å². The highest BCUT2D eigenvalue weighted by molar-refractivity contribution is 8.00. The second-order valence-electron chi connectivity index (χ2n) is 6.60. The van der Waals surface area contributed by atoms with Crippen molar-refractivity contribution in [3.05, 3.63) is 36.2 Å². The molecule has 8 nitrogen and oxygen atoms in total. The zero-order valence-electron chi connectivity index (χ0n) is 15.4. The first kappa shape index (κ1) is 18.6. The molecule has 1 fully saturated rings. The quantitative estimate of drug-likeness (QED) is 0.725. The van der Waals surface area contributed by atoms with Crippen LogP contribution in [0.15, 0.2) is 35.4 Å². The van der Waals surface area contributed by atoms with E-state index in [2.05, 4.69) is 20.9 Å². The summed E-state index contributed by atoms with van der Waals surface area (Å²) in [6, 6.07) is 7.86. The molecule has 28 heavy (non-hydrogen) atoms. The Morgan fingerprint density at radius 1 is 1.29 bits per heavy atom. The highest BCUT2D eigenvalue weighted by atomic mass is 32.2. The summed E-state index contributed by atoms with van der Waals surface area (Å²) in [5, 5.41) is 8.85. The Balaban J connectivity index is 1.50. The number of anilines is 2. The molecule has 2 amide bonds. The van der Waals surface area contributed by atoms with Crippen LogP contribution in [-0.2, 0) is 14.3 Å². The van der Waals surface area contributed by atoms with E-state index in [1.54, 1.807) is 18.0 Å². The molecule has 0 aliphatic carbocycles. The smallest absolute Gasteiger partial charge is 0.412 e. The molecule has 0 radical (unpaired) electrons. The summed E-state index contributed by atoms with van der Waals surface area (Å²) in [6.07, 6.45) is 1.07. The maximum atomic E-state index is 12.0. The molecule has 0 saturated carbocycles. The van der Waals surface area contributed by atoms with Crippen LogP contribution < -0.4 is 16.0 Å². The number of nitrogens with one attached hydrogen (secondary N) is 3. The zero-order chi connectivity index (χ0) is 19.7. The first-order valence-electron chi connectivity index (χ1n) is 8.84. The number of carbonyl (C=O) groups excluding carboxylic acids is 2. The summed E-state index contributed by atoms with van der Waals surface area (Å²) in [6.45, 7) is 4.19. The molecule has 1 saturated heterocycles. The van der Waals surface area contributed by atoms with Crippen LogP contribution in [0.5, 0.6) is 0 Å². The summed E-state index contributed by atoms with van der Waals surface area (Å²) in [5.74, 6) is -0.0863. The fraction of sp³-hybridized carbons (Fsp3) is 0.316. The number of hydrogen-bond acceptors (Lipinski definition) is 7. The minimum atomic E-state index is -0.512. The molecule has 146 valence electrons. The average molecular weight is 400 g/mol. The number of thioether (sulfide) groups is 1. The molecule has 1 unspecified atom stereocenters. The summed E-state index contributed by atoms with van der Waals surface area (Å²) in [5.41, 5.74) is 3.93. The lowest BCUT2D eigenvalue weighted by Crippen LogP contribution is -2.39. The first-order valence-corrected chi connectivity index (χ1v) is 9.72. The predicted octanol–water partition coefficient (Wildman–Crippen LogP) is 2.94. The Kier molecular flexibility index (Phi) is 5.10. The lowest BCUT2D eigenvalue weighted by Gasteiger charge is -2.25. The molecule has 1 aromatic heterocycles. The van der Waals surface area contributed by atoms with Gasteiger partial charge in [0.2, 0.25) is 5.91 Å². The third kappa shape index (κ3) is 4.05. The Bertz CT molecular complexity index is 932. The standard InChI is InChI=1S/C19H20N4O4S/c1-10-16(23-19(25)27-14-8-26-9-14)5-13(7-20-10)12-3-4-15-17(6-12)28-18(22-15)21-11(2)24/h3-7,14,18,22H,8-9H2,1-2H3,(H,21,24)(H,23,25). The van der Waals surface area contributed by atoms with Gasteiger partial charge >= 0.3 is 6.09 Å². The minimum absolute atomic E-state index is 0.0863. The number of benzene rings is 1. The fourth-order valence-corrected chi connectivity index (χ4v) is 3.97. The van der Waals surface area contributed by atoms with E-state index in [1.807, 2.05) is 31.2 Å². The van der Waals surface area contributed by atoms with Gasteiger partial charge < -0.3 is 20.1 Å². The normalized spacial score (nSPS) is 17.9. The van der Waals surface area contributed by atoms with Crippen LogP contribution in [0.25, 0.3) is 11.1 Å². The van der Waals surface area contributed by atoms with Crippen molar-refractivity contribution in [2.45, 2.75) is 30.3 Å². The van der Waals surface area contributed by atoms with Crippen LogP contribution in [0.2, 0.25) is 0 Å². The van der Waals surface area contributed by atoms with Crippen molar-refractivity contribution >= 4 is 35.1 Å². The molecule has 0 bridgehead atoms. The summed E-state index contributed by atoms with van der Waals surface area (Å²) < 4.78 is 10.3. The van der Waals surface area contributed by atoms with Gasteiger partial charge in [0.15, 0.2) is 11.6 Å². The van der Waals surface area contributed by atoms with E-state index >= 15 is 0 Å². The SMILES string of the molecule is CC(=O)NC1Nc2ccc(-c3cnc(C)c(NC(=O)OC4COC4)c3)cc2S1. The van der Waals surface area contributed by atoms with Crippen LogP contribution in [-0.4, -0.2) is 41.8 Å². The van der Waals surface area contributed by atoms with Gasteiger partial charge in [-0.25, -0.2) is 4.79 Å². The summed E-state index contributed by atoms with van der Waals surface area (Å²) >= 11 is 1.54. The van der Waals surface area contributed by atoms with Crippen LogP contribution in [0.4, 0.5) is 16.2 Å². The summed E-state index contributed by atoms with van der Waals surface area (Å²) in [4.78, 5) is 28.7. The fourth-order valence-electron chi connectivity index (χ4n) is 2.86. The highest BCUT2D eigenvalue weighted by Gasteiger charge is 2.24. The number of aryl methyl sites for hydroxylation is 1. The number of hydrogen-bond donors (Lipinski definition) is 3. The maximum Gasteiger partial charge on any atom is 0.412 e. The van der Waals surface area contributed by atoms with Crippen LogP contribution in [0.1, 0.15) is 12.6 Å². The van der Waals surface area contributed by atoms with Gasteiger partial charge in [0.25, 0.3) is 0 Å². The van der Waals surface area contributed by atoms with Crippen LogP contribution >= 0.6 is 11.8 Å². The largest absolute Gasteiger partial charge is 0.441 e. The lowest BCUT2D eigenvalue weighted by atomic mass is 10.1. The molecule has 1 aromatic carbocycles. The van der Waals surface area contributed by atoms with Gasteiger partial charge in [0, 0.05) is 23.6 Å². The monoisotopic (exact) mass is 400 g/mol. The molecule has 2 aliphatic rings. The lowest BCUT2D eigenvalue weighted by molar-refractivity contribution is -0.119. The summed E-state index contributed by atoms with van der Waals surface area (Å²) in [7, 11) is 0. The van der Waals surface area contributed by atoms with Gasteiger partial charge in [-0.1, -0.05) is 17.8 Å². The van der Waals surface area contributed by atoms with Crippen molar-refractivity contribution in [1.29, 1.82) is 0 Å². The number of pyridine rings is 1. The van der Waals surface area contributed by atoms with E-state index in [-0.39, 0.29) is 17.5 Å². The second kappa shape index (κ2) is 7.69. The molecule has 0 spiro atoms. The van der Waals surface area contributed by atoms with E-state index in [9.17, 15) is 9.59 Å². The number of fused-ring (bicyclic) bond motifs is 1. The van der Waals surface area contributed by atoms with Gasteiger partial charge in [-0.2, -0.15) is 0 Å². The number of aromatic nitrogens is 1. The third-order valence-corrected chi connectivity index (χ3v) is 5.45. The van der Waals surface area contributed by atoms with E-state index in [0.717, 1.165) is 21.7 Å². The molecular formula is C19H20N4O4S. The molecule has 2 aliphatic heterocycles. The van der Waals surface area contributed by atoms with Crippen LogP contribution in [0.3, 0.4) is 0 Å². The van der Waals surface area contributed by atoms with Gasteiger partial charge in [0.1, 0.15) is 0 Å². The Morgan fingerprint density at radius 3 is 2.82 bits per heavy atom. The van der Waals surface area contributed by atoms with Gasteiger partial charge in [-0.05, 0) is 30.7 Å².